The van der Waals surface area contributed by atoms with Gasteiger partial charge < -0.3 is 5.32 Å². The van der Waals surface area contributed by atoms with Crippen molar-refractivity contribution in [3.8, 4) is 0 Å². The Morgan fingerprint density at radius 2 is 2.23 bits per heavy atom. The van der Waals surface area contributed by atoms with Crippen molar-refractivity contribution in [2.24, 2.45) is 0 Å². The van der Waals surface area contributed by atoms with Crippen LogP contribution in [0.1, 0.15) is 52.8 Å². The number of rotatable bonds is 4. The molecule has 1 heterocycles. The topological polar surface area (TPSA) is 57.8 Å². The van der Waals surface area contributed by atoms with Gasteiger partial charge in [0.15, 0.2) is 5.69 Å². The van der Waals surface area contributed by atoms with Gasteiger partial charge in [0.1, 0.15) is 5.82 Å². The molecule has 22 heavy (non-hydrogen) atoms. The van der Waals surface area contributed by atoms with Crippen LogP contribution in [-0.2, 0) is 0 Å². The first-order valence-electron chi connectivity index (χ1n) is 7.43. The Labute approximate surface area is 135 Å². The van der Waals surface area contributed by atoms with E-state index in [9.17, 15) is 9.18 Å². The van der Waals surface area contributed by atoms with E-state index in [1.54, 1.807) is 6.07 Å². The molecule has 0 saturated heterocycles. The molecule has 6 heteroatoms. The van der Waals surface area contributed by atoms with Crippen LogP contribution in [0, 0.1) is 5.82 Å². The highest BCUT2D eigenvalue weighted by Gasteiger charge is 2.40. The first kappa shape index (κ1) is 13.9. The number of nitrogens with zero attached hydrogens (tertiary/aromatic N) is 1. The molecule has 0 bridgehead atoms. The molecule has 0 spiro atoms. The summed E-state index contributed by atoms with van der Waals surface area (Å²) in [7, 11) is 0. The molecule has 0 aliphatic heterocycles. The molecule has 114 valence electrons. The minimum atomic E-state index is -0.237. The number of H-pyrrole nitrogens is 1. The van der Waals surface area contributed by atoms with Crippen molar-refractivity contribution in [3.05, 3.63) is 51.5 Å². The molecule has 2 aliphatic carbocycles. The average molecular weight is 364 g/mol. The fraction of sp³-hybridized carbons (Fsp3) is 0.375. The van der Waals surface area contributed by atoms with Crippen LogP contribution in [0.4, 0.5) is 4.39 Å². The van der Waals surface area contributed by atoms with Crippen molar-refractivity contribution in [3.63, 3.8) is 0 Å². The molecule has 2 aromatic rings. The summed E-state index contributed by atoms with van der Waals surface area (Å²) in [6.45, 7) is 0. The lowest BCUT2D eigenvalue weighted by atomic mass is 10.1. The van der Waals surface area contributed by atoms with Crippen LogP contribution in [-0.4, -0.2) is 22.1 Å². The van der Waals surface area contributed by atoms with Crippen LogP contribution >= 0.6 is 15.9 Å². The second-order valence-corrected chi connectivity index (χ2v) is 6.84. The van der Waals surface area contributed by atoms with Gasteiger partial charge in [0.2, 0.25) is 0 Å². The number of benzene rings is 1. The molecule has 2 saturated carbocycles. The Hall–Kier alpha value is -1.69. The Bertz CT molecular complexity index is 741. The Morgan fingerprint density at radius 3 is 2.95 bits per heavy atom. The Balaban J connectivity index is 1.43. The van der Waals surface area contributed by atoms with Crippen LogP contribution < -0.4 is 5.32 Å². The summed E-state index contributed by atoms with van der Waals surface area (Å²) in [4.78, 5) is 12.3. The summed E-state index contributed by atoms with van der Waals surface area (Å²) in [5.74, 6) is 0.280. The van der Waals surface area contributed by atoms with E-state index in [0.717, 1.165) is 35.0 Å². The van der Waals surface area contributed by atoms with Crippen LogP contribution in [0.5, 0.6) is 0 Å². The van der Waals surface area contributed by atoms with Crippen molar-refractivity contribution >= 4 is 21.8 Å². The van der Waals surface area contributed by atoms with Gasteiger partial charge in [-0.1, -0.05) is 12.1 Å². The summed E-state index contributed by atoms with van der Waals surface area (Å²) >= 11 is 3.47. The summed E-state index contributed by atoms with van der Waals surface area (Å²) < 4.78 is 14.0. The second kappa shape index (κ2) is 5.19. The monoisotopic (exact) mass is 363 g/mol. The van der Waals surface area contributed by atoms with E-state index in [1.807, 2.05) is 6.07 Å². The normalized spacial score (nSPS) is 23.4. The number of hydrogen-bond donors (Lipinski definition) is 2. The molecule has 1 aromatic carbocycles. The summed E-state index contributed by atoms with van der Waals surface area (Å²) in [5.41, 5.74) is 2.36. The summed E-state index contributed by atoms with van der Waals surface area (Å²) in [5, 5.41) is 10.1. The highest BCUT2D eigenvalue weighted by Crippen LogP contribution is 2.44. The van der Waals surface area contributed by atoms with E-state index < -0.39 is 0 Å². The molecule has 2 N–H and O–H groups in total. The van der Waals surface area contributed by atoms with Crippen LogP contribution in [0.3, 0.4) is 0 Å². The van der Waals surface area contributed by atoms with E-state index in [-0.39, 0.29) is 23.7 Å². The zero-order valence-corrected chi connectivity index (χ0v) is 13.4. The number of carbonyl (C=O) groups excluding carboxylic acids is 1. The third-order valence-electron chi connectivity index (χ3n) is 4.32. The van der Waals surface area contributed by atoms with Crippen LogP contribution in [0.2, 0.25) is 0 Å². The molecule has 4 rings (SSSR count). The van der Waals surface area contributed by atoms with Gasteiger partial charge in [-0.05, 0) is 52.9 Å². The first-order valence-corrected chi connectivity index (χ1v) is 8.23. The fourth-order valence-corrected chi connectivity index (χ4v) is 3.51. The van der Waals surface area contributed by atoms with E-state index in [4.69, 9.17) is 0 Å². The minimum absolute atomic E-state index is 0.0577. The zero-order valence-electron chi connectivity index (χ0n) is 11.8. The SMILES string of the molecule is O=C(NC1CC1c1cccc(F)c1)c1n[nH]c(C2CC2)c1Br. The van der Waals surface area contributed by atoms with E-state index in [0.29, 0.717) is 11.6 Å². The van der Waals surface area contributed by atoms with Crippen LogP contribution in [0.25, 0.3) is 0 Å². The van der Waals surface area contributed by atoms with E-state index in [2.05, 4.69) is 31.4 Å². The largest absolute Gasteiger partial charge is 0.347 e. The molecule has 0 radical (unpaired) electrons. The quantitative estimate of drug-likeness (QED) is 0.873. The average Bonchev–Trinajstić information content (AvgIpc) is 3.40. The zero-order chi connectivity index (χ0) is 15.3. The molecular formula is C16H15BrFN3O. The van der Waals surface area contributed by atoms with Crippen molar-refractivity contribution < 1.29 is 9.18 Å². The van der Waals surface area contributed by atoms with Gasteiger partial charge in [0.05, 0.1) is 10.2 Å². The number of aromatic nitrogens is 2. The number of hydrogen-bond acceptors (Lipinski definition) is 2. The Kier molecular flexibility index (Phi) is 3.29. The maximum atomic E-state index is 13.2. The highest BCUT2D eigenvalue weighted by atomic mass is 79.9. The lowest BCUT2D eigenvalue weighted by Gasteiger charge is -2.04. The third kappa shape index (κ3) is 2.56. The van der Waals surface area contributed by atoms with Crippen molar-refractivity contribution in [2.45, 2.75) is 37.1 Å². The molecule has 1 aromatic heterocycles. The van der Waals surface area contributed by atoms with Crippen molar-refractivity contribution in [1.29, 1.82) is 0 Å². The fourth-order valence-electron chi connectivity index (χ4n) is 2.83. The molecule has 1 amide bonds. The number of amides is 1. The first-order chi connectivity index (χ1) is 10.6. The predicted octanol–water partition coefficient (Wildman–Crippen LogP) is 3.47. The van der Waals surface area contributed by atoms with Gasteiger partial charge in [-0.25, -0.2) is 4.39 Å². The van der Waals surface area contributed by atoms with Gasteiger partial charge in [-0.15, -0.1) is 0 Å². The van der Waals surface area contributed by atoms with Crippen molar-refractivity contribution in [1.82, 2.24) is 15.5 Å². The number of carbonyl (C=O) groups is 1. The molecular weight excluding hydrogens is 349 g/mol. The molecule has 2 fully saturated rings. The highest BCUT2D eigenvalue weighted by molar-refractivity contribution is 9.10. The standard InChI is InChI=1S/C16H15BrFN3O/c17-13-14(8-4-5-8)20-21-15(13)16(22)19-12-7-11(12)9-2-1-3-10(18)6-9/h1-3,6,8,11-12H,4-5,7H2,(H,19,22)(H,20,21). The van der Waals surface area contributed by atoms with Gasteiger partial charge in [0.25, 0.3) is 5.91 Å². The smallest absolute Gasteiger partial charge is 0.273 e. The number of nitrogens with one attached hydrogen (secondary N) is 2. The second-order valence-electron chi connectivity index (χ2n) is 6.05. The van der Waals surface area contributed by atoms with Gasteiger partial charge in [-0.2, -0.15) is 5.10 Å². The van der Waals surface area contributed by atoms with Gasteiger partial charge >= 0.3 is 0 Å². The van der Waals surface area contributed by atoms with Gasteiger partial charge in [0, 0.05) is 17.9 Å². The lowest BCUT2D eigenvalue weighted by molar-refractivity contribution is 0.0944. The lowest BCUT2D eigenvalue weighted by Crippen LogP contribution is -2.27. The number of aromatic amines is 1. The Morgan fingerprint density at radius 1 is 1.41 bits per heavy atom. The molecule has 2 unspecified atom stereocenters. The van der Waals surface area contributed by atoms with Gasteiger partial charge in [-0.3, -0.25) is 9.89 Å². The maximum Gasteiger partial charge on any atom is 0.273 e. The van der Waals surface area contributed by atoms with Crippen LogP contribution in [0.15, 0.2) is 28.7 Å². The van der Waals surface area contributed by atoms with Crippen molar-refractivity contribution in [2.75, 3.05) is 0 Å². The van der Waals surface area contributed by atoms with E-state index >= 15 is 0 Å². The predicted molar refractivity (Wildman–Crippen MR) is 83.3 cm³/mol. The third-order valence-corrected chi connectivity index (χ3v) is 5.12. The number of halogens is 2. The molecule has 2 atom stereocenters. The van der Waals surface area contributed by atoms with E-state index in [1.165, 1.54) is 12.1 Å². The minimum Gasteiger partial charge on any atom is -0.347 e. The summed E-state index contributed by atoms with van der Waals surface area (Å²) in [6.07, 6.45) is 3.13. The molecule has 4 nitrogen and oxygen atoms in total. The summed E-state index contributed by atoms with van der Waals surface area (Å²) in [6, 6.07) is 6.62. The maximum absolute atomic E-state index is 13.2. The molecule has 2 aliphatic rings.